The molecule has 1 unspecified atom stereocenters. The molecule has 10 heteroatoms. The number of carbonyl (C=O) groups is 1. The van der Waals surface area contributed by atoms with Crippen molar-refractivity contribution in [2.24, 2.45) is 5.73 Å². The van der Waals surface area contributed by atoms with Gasteiger partial charge >= 0.3 is 0 Å². The summed E-state index contributed by atoms with van der Waals surface area (Å²) in [7, 11) is -1.72. The number of hydrogen-bond acceptors (Lipinski definition) is 6. The second kappa shape index (κ2) is 12.8. The highest BCUT2D eigenvalue weighted by Crippen LogP contribution is 2.37. The molecular weight excluding hydrogens is 528 g/mol. The van der Waals surface area contributed by atoms with Gasteiger partial charge in [0.15, 0.2) is 0 Å². The standard InChI is InChI=1S/C30H40N4O5S/c1-38-12-4-14-40(36,37)34-10-8-22(9-11-34)28-20-33-29-26(28)16-24(17-27(29)30(31)35)23-6-2-5-21(15-23)18-32-19-25-7-3-13-39-25/h2,5-6,15-17,20,22,25,32-33H,3-4,7-14,18-19H2,1H3,(H2,31,35). The molecule has 2 aliphatic rings. The summed E-state index contributed by atoms with van der Waals surface area (Å²) < 4.78 is 37.8. The minimum absolute atomic E-state index is 0.104. The lowest BCUT2D eigenvalue weighted by molar-refractivity contribution is 0.100. The monoisotopic (exact) mass is 568 g/mol. The van der Waals surface area contributed by atoms with Crippen LogP contribution < -0.4 is 11.1 Å². The number of aromatic nitrogens is 1. The number of nitrogens with two attached hydrogens (primary N) is 1. The summed E-state index contributed by atoms with van der Waals surface area (Å²) in [5.74, 6) is -0.192. The third-order valence-electron chi connectivity index (χ3n) is 8.11. The van der Waals surface area contributed by atoms with Gasteiger partial charge in [-0.25, -0.2) is 12.7 Å². The molecule has 3 heterocycles. The molecule has 1 atom stereocenters. The zero-order valence-corrected chi connectivity index (χ0v) is 24.0. The van der Waals surface area contributed by atoms with Crippen LogP contribution in [0, 0.1) is 0 Å². The Morgan fingerprint density at radius 3 is 2.73 bits per heavy atom. The summed E-state index contributed by atoms with van der Waals surface area (Å²) in [5.41, 5.74) is 11.2. The highest BCUT2D eigenvalue weighted by molar-refractivity contribution is 7.89. The quantitative estimate of drug-likeness (QED) is 0.286. The van der Waals surface area contributed by atoms with Gasteiger partial charge in [0.25, 0.3) is 5.91 Å². The van der Waals surface area contributed by atoms with Crippen molar-refractivity contribution in [2.45, 2.75) is 50.7 Å². The van der Waals surface area contributed by atoms with Gasteiger partial charge in [-0.05, 0) is 78.5 Å². The number of primary amides is 1. The Bertz CT molecular complexity index is 1420. The van der Waals surface area contributed by atoms with Crippen LogP contribution in [-0.4, -0.2) is 75.4 Å². The Morgan fingerprint density at radius 1 is 1.18 bits per heavy atom. The van der Waals surface area contributed by atoms with Gasteiger partial charge in [-0.3, -0.25) is 4.79 Å². The number of nitrogens with one attached hydrogen (secondary N) is 2. The van der Waals surface area contributed by atoms with Crippen LogP contribution in [0.5, 0.6) is 0 Å². The van der Waals surface area contributed by atoms with E-state index in [2.05, 4.69) is 34.6 Å². The lowest BCUT2D eigenvalue weighted by atomic mass is 9.88. The molecule has 0 aliphatic carbocycles. The van der Waals surface area contributed by atoms with Crippen molar-refractivity contribution < 1.29 is 22.7 Å². The highest BCUT2D eigenvalue weighted by atomic mass is 32.2. The van der Waals surface area contributed by atoms with E-state index in [9.17, 15) is 13.2 Å². The number of H-pyrrole nitrogens is 1. The molecule has 1 aromatic heterocycles. The molecule has 0 bridgehead atoms. The number of aromatic amines is 1. The van der Waals surface area contributed by atoms with Crippen LogP contribution in [0.4, 0.5) is 0 Å². The molecular formula is C30H40N4O5S. The van der Waals surface area contributed by atoms with E-state index >= 15 is 0 Å². The molecule has 3 aromatic rings. The van der Waals surface area contributed by atoms with Crippen LogP contribution in [0.1, 0.15) is 59.5 Å². The number of nitrogens with zero attached hydrogens (tertiary/aromatic N) is 1. The van der Waals surface area contributed by atoms with Crippen LogP contribution in [0.15, 0.2) is 42.6 Å². The third kappa shape index (κ3) is 6.58. The molecule has 2 fully saturated rings. The summed E-state index contributed by atoms with van der Waals surface area (Å²) in [6.07, 6.45) is 6.41. The van der Waals surface area contributed by atoms with Crippen LogP contribution in [0.25, 0.3) is 22.0 Å². The summed E-state index contributed by atoms with van der Waals surface area (Å²) in [5, 5.41) is 4.47. The first-order chi connectivity index (χ1) is 19.4. The predicted molar refractivity (Wildman–Crippen MR) is 157 cm³/mol. The van der Waals surface area contributed by atoms with Crippen LogP contribution >= 0.6 is 0 Å². The Hall–Kier alpha value is -2.76. The van der Waals surface area contributed by atoms with Crippen molar-refractivity contribution in [2.75, 3.05) is 45.7 Å². The molecule has 4 N–H and O–H groups in total. The molecule has 1 amide bonds. The lowest BCUT2D eigenvalue weighted by Crippen LogP contribution is -2.39. The largest absolute Gasteiger partial charge is 0.385 e. The van der Waals surface area contributed by atoms with Gasteiger partial charge in [-0.15, -0.1) is 0 Å². The van der Waals surface area contributed by atoms with Crippen molar-refractivity contribution in [1.29, 1.82) is 0 Å². The fourth-order valence-corrected chi connectivity index (χ4v) is 7.46. The highest BCUT2D eigenvalue weighted by Gasteiger charge is 2.30. The van der Waals surface area contributed by atoms with Crippen molar-refractivity contribution in [3.63, 3.8) is 0 Å². The third-order valence-corrected chi connectivity index (χ3v) is 10.1. The zero-order valence-electron chi connectivity index (χ0n) is 23.2. The van der Waals surface area contributed by atoms with Crippen LogP contribution in [0.3, 0.4) is 0 Å². The number of rotatable bonds is 12. The van der Waals surface area contributed by atoms with E-state index < -0.39 is 15.9 Å². The molecule has 2 aromatic carbocycles. The van der Waals surface area contributed by atoms with Crippen LogP contribution in [-0.2, 0) is 26.0 Å². The van der Waals surface area contributed by atoms with Crippen molar-refractivity contribution in [3.05, 3.63) is 59.3 Å². The molecule has 0 radical (unpaired) electrons. The Labute approximate surface area is 236 Å². The fraction of sp³-hybridized carbons (Fsp3) is 0.500. The average Bonchev–Trinajstić information content (AvgIpc) is 3.63. The normalized spacial score (nSPS) is 19.0. The topological polar surface area (TPSA) is 127 Å². The van der Waals surface area contributed by atoms with Gasteiger partial charge < -0.3 is 25.5 Å². The Morgan fingerprint density at radius 2 is 2.00 bits per heavy atom. The Balaban J connectivity index is 1.35. The van der Waals surface area contributed by atoms with Gasteiger partial charge in [0.2, 0.25) is 10.0 Å². The van der Waals surface area contributed by atoms with Gasteiger partial charge in [-0.2, -0.15) is 0 Å². The number of amides is 1. The lowest BCUT2D eigenvalue weighted by Gasteiger charge is -2.31. The SMILES string of the molecule is COCCCS(=O)(=O)N1CCC(c2c[nH]c3c(C(N)=O)cc(-c4cccc(CNCC5CCCO5)c4)cc23)CC1. The minimum atomic E-state index is -3.29. The first kappa shape index (κ1) is 28.8. The summed E-state index contributed by atoms with van der Waals surface area (Å²) in [6.45, 7) is 3.82. The van der Waals surface area contributed by atoms with Gasteiger partial charge in [-0.1, -0.05) is 18.2 Å². The molecule has 0 saturated carbocycles. The first-order valence-corrected chi connectivity index (χ1v) is 15.8. The van der Waals surface area contributed by atoms with Gasteiger partial charge in [0, 0.05) is 58.1 Å². The summed E-state index contributed by atoms with van der Waals surface area (Å²) >= 11 is 0. The van der Waals surface area contributed by atoms with Gasteiger partial charge in [0.1, 0.15) is 0 Å². The van der Waals surface area contributed by atoms with Crippen molar-refractivity contribution in [1.82, 2.24) is 14.6 Å². The second-order valence-electron chi connectivity index (χ2n) is 10.9. The maximum atomic E-state index is 12.7. The molecule has 40 heavy (non-hydrogen) atoms. The number of piperidine rings is 1. The first-order valence-electron chi connectivity index (χ1n) is 14.2. The van der Waals surface area contributed by atoms with E-state index in [-0.39, 0.29) is 11.7 Å². The van der Waals surface area contributed by atoms with E-state index in [1.807, 2.05) is 18.3 Å². The van der Waals surface area contributed by atoms with E-state index in [1.54, 1.807) is 11.4 Å². The number of fused-ring (bicyclic) bond motifs is 1. The smallest absolute Gasteiger partial charge is 0.250 e. The fourth-order valence-electron chi connectivity index (χ4n) is 5.96. The molecule has 5 rings (SSSR count). The second-order valence-corrected chi connectivity index (χ2v) is 12.9. The van der Waals surface area contributed by atoms with Gasteiger partial charge in [0.05, 0.1) is 22.9 Å². The maximum absolute atomic E-state index is 12.7. The summed E-state index contributed by atoms with van der Waals surface area (Å²) in [4.78, 5) is 15.8. The molecule has 216 valence electrons. The minimum Gasteiger partial charge on any atom is -0.385 e. The predicted octanol–water partition coefficient (Wildman–Crippen LogP) is 3.75. The molecule has 2 saturated heterocycles. The van der Waals surface area contributed by atoms with Crippen LogP contribution in [0.2, 0.25) is 0 Å². The molecule has 9 nitrogen and oxygen atoms in total. The number of hydrogen-bond donors (Lipinski definition) is 3. The summed E-state index contributed by atoms with van der Waals surface area (Å²) in [6, 6.07) is 12.3. The van der Waals surface area contributed by atoms with E-state index in [0.717, 1.165) is 78.5 Å². The van der Waals surface area contributed by atoms with Crippen molar-refractivity contribution in [3.8, 4) is 11.1 Å². The number of ether oxygens (including phenoxy) is 2. The Kier molecular flexibility index (Phi) is 9.22. The maximum Gasteiger partial charge on any atom is 0.250 e. The number of benzene rings is 2. The van der Waals surface area contributed by atoms with E-state index in [1.165, 1.54) is 0 Å². The van der Waals surface area contributed by atoms with E-state index in [4.69, 9.17) is 15.2 Å². The molecule has 0 spiro atoms. The average molecular weight is 569 g/mol. The number of carbonyl (C=O) groups excluding carboxylic acids is 1. The number of sulfonamides is 1. The zero-order chi connectivity index (χ0) is 28.1. The molecule has 2 aliphatic heterocycles. The number of methoxy groups -OCH3 is 1. The van der Waals surface area contributed by atoms with Crippen molar-refractivity contribution >= 4 is 26.8 Å². The van der Waals surface area contributed by atoms with E-state index in [0.29, 0.717) is 37.8 Å².